The number of hydrogen-bond acceptors (Lipinski definition) is 7. The Kier molecular flexibility index (Phi) is 6.01. The Balaban J connectivity index is 1.71. The van der Waals surface area contributed by atoms with Crippen molar-refractivity contribution in [2.45, 2.75) is 32.4 Å². The Morgan fingerprint density at radius 3 is 2.48 bits per heavy atom. The lowest BCUT2D eigenvalue weighted by atomic mass is 9.87. The van der Waals surface area contributed by atoms with Crippen LogP contribution in [0.1, 0.15) is 47.2 Å². The summed E-state index contributed by atoms with van der Waals surface area (Å²) in [4.78, 5) is 43.5. The van der Waals surface area contributed by atoms with Crippen LogP contribution in [-0.2, 0) is 10.3 Å². The number of carbonyl (C=O) groups is 2. The van der Waals surface area contributed by atoms with Crippen molar-refractivity contribution in [1.29, 1.82) is 0 Å². The lowest BCUT2D eigenvalue weighted by Crippen LogP contribution is -2.51. The maximum absolute atomic E-state index is 14.4. The normalized spacial score (nSPS) is 17.4. The van der Waals surface area contributed by atoms with E-state index in [1.165, 1.54) is 25.3 Å². The van der Waals surface area contributed by atoms with Crippen molar-refractivity contribution in [3.8, 4) is 23.3 Å². The number of nitrogens with one attached hydrogen (secondary N) is 1. The number of methoxy groups -OCH3 is 2. The number of aryl methyl sites for hydroxylation is 1. The third kappa shape index (κ3) is 3.45. The number of carbonyl (C=O) groups excluding carboxylic acids is 2. The van der Waals surface area contributed by atoms with Crippen LogP contribution in [0, 0.1) is 6.92 Å². The number of hydrogen-bond donors (Lipinski definition) is 1. The summed E-state index contributed by atoms with van der Waals surface area (Å²) >= 11 is 12.8. The lowest BCUT2D eigenvalue weighted by molar-refractivity contribution is -0.119. The Morgan fingerprint density at radius 2 is 1.80 bits per heavy atom. The van der Waals surface area contributed by atoms with Crippen molar-refractivity contribution in [3.63, 3.8) is 0 Å². The van der Waals surface area contributed by atoms with Crippen LogP contribution in [0.5, 0.6) is 11.9 Å². The molecule has 10 nitrogen and oxygen atoms in total. The molecule has 0 saturated heterocycles. The summed E-state index contributed by atoms with van der Waals surface area (Å²) in [5.41, 5.74) is 1.74. The van der Waals surface area contributed by atoms with Crippen LogP contribution in [0.15, 0.2) is 42.6 Å². The molecule has 1 spiro atoms. The zero-order valence-electron chi connectivity index (χ0n) is 22.2. The van der Waals surface area contributed by atoms with Gasteiger partial charge >= 0.3 is 6.01 Å². The van der Waals surface area contributed by atoms with Crippen LogP contribution in [0.3, 0.4) is 0 Å². The molecule has 12 heteroatoms. The van der Waals surface area contributed by atoms with E-state index in [1.807, 2.05) is 31.4 Å². The first-order chi connectivity index (χ1) is 19.1. The molecule has 1 atom stereocenters. The maximum atomic E-state index is 14.4. The highest BCUT2D eigenvalue weighted by molar-refractivity contribution is 6.32. The summed E-state index contributed by atoms with van der Waals surface area (Å²) in [5.74, 6) is -0.282. The van der Waals surface area contributed by atoms with Gasteiger partial charge in [-0.25, -0.2) is 9.97 Å². The van der Waals surface area contributed by atoms with Crippen LogP contribution in [0.4, 0.5) is 11.4 Å². The van der Waals surface area contributed by atoms with E-state index in [-0.39, 0.29) is 23.6 Å². The van der Waals surface area contributed by atoms with Gasteiger partial charge in [-0.1, -0.05) is 35.3 Å². The monoisotopic (exact) mass is 578 g/mol. The number of imidazole rings is 1. The van der Waals surface area contributed by atoms with Gasteiger partial charge in [0.05, 0.1) is 25.5 Å². The zero-order valence-corrected chi connectivity index (χ0v) is 23.8. The Bertz CT molecular complexity index is 1740. The molecule has 2 aromatic carbocycles. The topological polar surface area (TPSA) is 111 Å². The fourth-order valence-electron chi connectivity index (χ4n) is 5.50. The molecule has 0 radical (unpaired) electrons. The number of nitrogens with zero attached hydrogens (tertiary/aromatic N) is 5. The highest BCUT2D eigenvalue weighted by Crippen LogP contribution is 2.54. The number of ether oxygens (including phenoxy) is 2. The maximum Gasteiger partial charge on any atom is 0.319 e. The van der Waals surface area contributed by atoms with E-state index in [2.05, 4.69) is 15.3 Å². The van der Waals surface area contributed by atoms with Gasteiger partial charge in [-0.3, -0.25) is 14.5 Å². The van der Waals surface area contributed by atoms with Crippen LogP contribution in [-0.4, -0.2) is 45.6 Å². The Morgan fingerprint density at radius 1 is 1.02 bits per heavy atom. The molecule has 2 aliphatic rings. The van der Waals surface area contributed by atoms with Crippen LogP contribution < -0.4 is 19.7 Å². The predicted octanol–water partition coefficient (Wildman–Crippen LogP) is 5.41. The molecule has 6 rings (SSSR count). The minimum atomic E-state index is -1.60. The summed E-state index contributed by atoms with van der Waals surface area (Å²) in [6.45, 7) is 5.76. The SMILES string of the molecule is COc1ncc(-c2nc3c(n2C(C)C)[C@@]2(C(=O)Nc4cc(Cl)ccc42)N(c2ccc(C)c(Cl)c2)C3=O)c(OC)n1. The van der Waals surface area contributed by atoms with Gasteiger partial charge in [-0.2, -0.15) is 4.98 Å². The van der Waals surface area contributed by atoms with Crippen molar-refractivity contribution in [2.24, 2.45) is 0 Å². The fraction of sp³-hybridized carbons (Fsp3) is 0.250. The summed E-state index contributed by atoms with van der Waals surface area (Å²) in [6, 6.07) is 10.3. The third-order valence-electron chi connectivity index (χ3n) is 7.22. The van der Waals surface area contributed by atoms with Gasteiger partial charge in [-0.15, -0.1) is 0 Å². The second-order valence-corrected chi connectivity index (χ2v) is 10.6. The van der Waals surface area contributed by atoms with Crippen molar-refractivity contribution < 1.29 is 19.1 Å². The molecule has 0 bridgehead atoms. The van der Waals surface area contributed by atoms with Gasteiger partial charge in [0.15, 0.2) is 11.2 Å². The standard InChI is InChI=1S/C28H24Cl2N6O4/c1-13(2)35-22-21(33-23(35)17-12-31-27(40-5)34-24(17)39-4)25(37)36(16-8-6-14(3)19(30)11-16)28(22)18-9-7-15(29)10-20(18)32-26(28)38/h6-13H,1-5H3,(H,32,38)/t28-/m0/s1. The van der Waals surface area contributed by atoms with Gasteiger partial charge in [0.1, 0.15) is 5.82 Å². The summed E-state index contributed by atoms with van der Waals surface area (Å²) in [6.07, 6.45) is 1.53. The van der Waals surface area contributed by atoms with E-state index in [0.29, 0.717) is 44.1 Å². The summed E-state index contributed by atoms with van der Waals surface area (Å²) in [5, 5.41) is 3.87. The lowest BCUT2D eigenvalue weighted by Gasteiger charge is -2.36. The predicted molar refractivity (Wildman–Crippen MR) is 151 cm³/mol. The van der Waals surface area contributed by atoms with Crippen LogP contribution >= 0.6 is 23.2 Å². The number of anilines is 2. The van der Waals surface area contributed by atoms with Crippen molar-refractivity contribution in [3.05, 3.63) is 75.2 Å². The number of halogens is 2. The van der Waals surface area contributed by atoms with Gasteiger partial charge < -0.3 is 19.4 Å². The molecule has 0 fully saturated rings. The molecular formula is C28H24Cl2N6O4. The molecule has 40 heavy (non-hydrogen) atoms. The van der Waals surface area contributed by atoms with Crippen LogP contribution in [0.25, 0.3) is 11.4 Å². The van der Waals surface area contributed by atoms with Gasteiger partial charge in [-0.05, 0) is 50.6 Å². The molecule has 0 aliphatic carbocycles. The first-order valence-electron chi connectivity index (χ1n) is 12.4. The highest BCUT2D eigenvalue weighted by Gasteiger charge is 2.64. The van der Waals surface area contributed by atoms with E-state index >= 15 is 0 Å². The van der Waals surface area contributed by atoms with Gasteiger partial charge in [0.25, 0.3) is 11.8 Å². The second kappa shape index (κ2) is 9.21. The van der Waals surface area contributed by atoms with Gasteiger partial charge in [0.2, 0.25) is 5.88 Å². The average Bonchev–Trinajstić information content (AvgIpc) is 3.53. The minimum Gasteiger partial charge on any atom is -0.480 e. The highest BCUT2D eigenvalue weighted by atomic mass is 35.5. The number of aromatic nitrogens is 4. The van der Waals surface area contributed by atoms with Crippen molar-refractivity contribution in [1.82, 2.24) is 19.5 Å². The van der Waals surface area contributed by atoms with E-state index in [4.69, 9.17) is 37.7 Å². The molecule has 2 aliphatic heterocycles. The first-order valence-corrected chi connectivity index (χ1v) is 13.2. The van der Waals surface area contributed by atoms with Gasteiger partial charge in [0, 0.05) is 39.2 Å². The smallest absolute Gasteiger partial charge is 0.319 e. The fourth-order valence-corrected chi connectivity index (χ4v) is 5.85. The number of benzene rings is 2. The quantitative estimate of drug-likeness (QED) is 0.337. The number of amides is 2. The molecule has 1 N–H and O–H groups in total. The van der Waals surface area contributed by atoms with E-state index in [1.54, 1.807) is 30.3 Å². The largest absolute Gasteiger partial charge is 0.480 e. The summed E-state index contributed by atoms with van der Waals surface area (Å²) < 4.78 is 12.6. The average molecular weight is 579 g/mol. The molecule has 4 aromatic rings. The molecule has 0 unspecified atom stereocenters. The van der Waals surface area contributed by atoms with Crippen molar-refractivity contribution >= 4 is 46.4 Å². The van der Waals surface area contributed by atoms with E-state index in [0.717, 1.165) is 5.56 Å². The van der Waals surface area contributed by atoms with Crippen LogP contribution in [0.2, 0.25) is 10.0 Å². The zero-order chi connectivity index (χ0) is 28.5. The molecule has 204 valence electrons. The van der Waals surface area contributed by atoms with Crippen molar-refractivity contribution in [2.75, 3.05) is 24.4 Å². The first kappa shape index (κ1) is 26.1. The third-order valence-corrected chi connectivity index (χ3v) is 7.86. The van der Waals surface area contributed by atoms with E-state index < -0.39 is 17.4 Å². The minimum absolute atomic E-state index is 0.117. The van der Waals surface area contributed by atoms with E-state index in [9.17, 15) is 9.59 Å². The molecular weight excluding hydrogens is 555 g/mol. The Labute approximate surface area is 239 Å². The number of rotatable bonds is 5. The second-order valence-electron chi connectivity index (χ2n) is 9.80. The molecule has 2 amide bonds. The molecule has 0 saturated carbocycles. The molecule has 4 heterocycles. The summed E-state index contributed by atoms with van der Waals surface area (Å²) in [7, 11) is 2.93. The number of fused-ring (bicyclic) bond motifs is 4. The molecule has 2 aromatic heterocycles. The Hall–Kier alpha value is -4.15.